The number of alkyl carbamates (subject to hydrolysis) is 1. The molecule has 16 heavy (non-hydrogen) atoms. The molecule has 0 bridgehead atoms. The predicted molar refractivity (Wildman–Crippen MR) is 80.9 cm³/mol. The van der Waals surface area contributed by atoms with Crippen molar-refractivity contribution >= 4 is 51.3 Å². The fourth-order valence-corrected chi connectivity index (χ4v) is 3.44. The Hall–Kier alpha value is 0.290. The Balaban J connectivity index is 2.42. The average Bonchev–Trinajstić information content (AvgIpc) is 2.81. The van der Waals surface area contributed by atoms with Crippen LogP contribution in [0.1, 0.15) is 33.1 Å². The van der Waals surface area contributed by atoms with Gasteiger partial charge in [0.1, 0.15) is 11.1 Å². The second-order valence-corrected chi connectivity index (χ2v) is 9.99. The standard InChI is InChI=1S/C11H15I2NO2/c1-4-11(5-6-11)14-9(15)16-10(2,3)7-8(12)13/h1,8H,5-7H2,2-3H3,(H,14,15). The summed E-state index contributed by atoms with van der Waals surface area (Å²) in [5.74, 6) is 2.59. The van der Waals surface area contributed by atoms with E-state index >= 15 is 0 Å². The number of carbonyl (C=O) groups is 1. The van der Waals surface area contributed by atoms with E-state index in [-0.39, 0.29) is 0 Å². The second-order valence-electron chi connectivity index (χ2n) is 4.60. The molecule has 0 spiro atoms. The lowest BCUT2D eigenvalue weighted by molar-refractivity contribution is 0.0355. The number of nitrogens with one attached hydrogen (secondary N) is 1. The first kappa shape index (κ1) is 14.4. The van der Waals surface area contributed by atoms with Crippen molar-refractivity contribution in [2.24, 2.45) is 0 Å². The first-order chi connectivity index (χ1) is 7.29. The molecule has 1 aliphatic carbocycles. The van der Waals surface area contributed by atoms with Gasteiger partial charge in [-0.15, -0.1) is 6.42 Å². The Morgan fingerprint density at radius 2 is 2.19 bits per heavy atom. The van der Waals surface area contributed by atoms with Crippen LogP contribution in [0, 0.1) is 12.3 Å². The molecule has 0 aromatic heterocycles. The largest absolute Gasteiger partial charge is 0.443 e. The highest BCUT2D eigenvalue weighted by molar-refractivity contribution is 14.2. The summed E-state index contributed by atoms with van der Waals surface area (Å²) in [7, 11) is 0. The Bertz CT molecular complexity index is 316. The van der Waals surface area contributed by atoms with Gasteiger partial charge in [-0.25, -0.2) is 4.79 Å². The van der Waals surface area contributed by atoms with Crippen LogP contribution in [0.15, 0.2) is 0 Å². The molecular weight excluding hydrogens is 432 g/mol. The minimum Gasteiger partial charge on any atom is -0.443 e. The van der Waals surface area contributed by atoms with Crippen molar-refractivity contribution in [1.82, 2.24) is 5.32 Å². The third-order valence-electron chi connectivity index (χ3n) is 2.38. The van der Waals surface area contributed by atoms with Crippen molar-refractivity contribution in [2.45, 2.75) is 46.2 Å². The fraction of sp³-hybridized carbons (Fsp3) is 0.727. The van der Waals surface area contributed by atoms with E-state index in [1.165, 1.54) is 0 Å². The lowest BCUT2D eigenvalue weighted by atomic mass is 10.1. The van der Waals surface area contributed by atoms with E-state index in [9.17, 15) is 4.79 Å². The monoisotopic (exact) mass is 447 g/mol. The molecule has 1 fully saturated rings. The Morgan fingerprint density at radius 3 is 2.56 bits per heavy atom. The maximum Gasteiger partial charge on any atom is 0.408 e. The molecule has 1 aliphatic rings. The number of terminal acetylenes is 1. The van der Waals surface area contributed by atoms with Gasteiger partial charge in [0.2, 0.25) is 0 Å². The zero-order valence-corrected chi connectivity index (χ0v) is 13.7. The van der Waals surface area contributed by atoms with Crippen molar-refractivity contribution in [1.29, 1.82) is 0 Å². The summed E-state index contributed by atoms with van der Waals surface area (Å²) >= 11 is 4.61. The van der Waals surface area contributed by atoms with Crippen LogP contribution in [0.2, 0.25) is 0 Å². The molecular formula is C11H15I2NO2. The van der Waals surface area contributed by atoms with E-state index in [1.807, 2.05) is 13.8 Å². The van der Waals surface area contributed by atoms with Crippen LogP contribution in [-0.2, 0) is 4.74 Å². The maximum atomic E-state index is 11.6. The molecule has 0 aliphatic heterocycles. The first-order valence-electron chi connectivity index (χ1n) is 5.06. The summed E-state index contributed by atoms with van der Waals surface area (Å²) < 4.78 is 5.80. The summed E-state index contributed by atoms with van der Waals surface area (Å²) in [6, 6.07) is 0. The Labute approximate surface area is 124 Å². The normalized spacial score (nSPS) is 17.8. The van der Waals surface area contributed by atoms with Gasteiger partial charge >= 0.3 is 6.09 Å². The number of alkyl halides is 2. The number of amides is 1. The molecule has 1 amide bonds. The van der Waals surface area contributed by atoms with E-state index in [0.717, 1.165) is 19.3 Å². The molecule has 1 saturated carbocycles. The maximum absolute atomic E-state index is 11.6. The molecule has 0 unspecified atom stereocenters. The molecule has 0 aromatic rings. The molecule has 0 aromatic carbocycles. The van der Waals surface area contributed by atoms with Gasteiger partial charge in [0.25, 0.3) is 0 Å². The van der Waals surface area contributed by atoms with Gasteiger partial charge in [-0.2, -0.15) is 0 Å². The number of hydrogen-bond acceptors (Lipinski definition) is 2. The van der Waals surface area contributed by atoms with Crippen molar-refractivity contribution < 1.29 is 9.53 Å². The lowest BCUT2D eigenvalue weighted by Gasteiger charge is -2.26. The number of hydrogen-bond donors (Lipinski definition) is 1. The molecule has 0 heterocycles. The predicted octanol–water partition coefficient (Wildman–Crippen LogP) is 3.24. The molecule has 1 rings (SSSR count). The molecule has 0 radical (unpaired) electrons. The molecule has 3 nitrogen and oxygen atoms in total. The van der Waals surface area contributed by atoms with E-state index in [0.29, 0.717) is 1.93 Å². The van der Waals surface area contributed by atoms with Crippen LogP contribution in [-0.4, -0.2) is 19.2 Å². The fourth-order valence-electron chi connectivity index (χ4n) is 1.32. The first-order valence-corrected chi connectivity index (χ1v) is 7.55. The van der Waals surface area contributed by atoms with Gasteiger partial charge in [-0.1, -0.05) is 51.1 Å². The van der Waals surface area contributed by atoms with E-state index < -0.39 is 17.2 Å². The highest BCUT2D eigenvalue weighted by Gasteiger charge is 2.43. The van der Waals surface area contributed by atoms with Crippen molar-refractivity contribution in [2.75, 3.05) is 0 Å². The SMILES string of the molecule is C#CC1(NC(=O)OC(C)(C)CC(I)I)CC1. The molecule has 1 N–H and O–H groups in total. The summed E-state index contributed by atoms with van der Waals surface area (Å²) in [5.41, 5.74) is -0.886. The summed E-state index contributed by atoms with van der Waals surface area (Å²) in [5, 5.41) is 2.74. The quantitative estimate of drug-likeness (QED) is 0.409. The minimum absolute atomic E-state index is 0.408. The highest BCUT2D eigenvalue weighted by Crippen LogP contribution is 2.34. The van der Waals surface area contributed by atoms with Gasteiger partial charge < -0.3 is 10.1 Å². The molecule has 0 atom stereocenters. The number of rotatable bonds is 4. The van der Waals surface area contributed by atoms with Crippen LogP contribution in [0.3, 0.4) is 0 Å². The van der Waals surface area contributed by atoms with E-state index in [1.54, 1.807) is 0 Å². The van der Waals surface area contributed by atoms with Crippen LogP contribution < -0.4 is 5.32 Å². The lowest BCUT2D eigenvalue weighted by Crippen LogP contribution is -2.41. The van der Waals surface area contributed by atoms with E-state index in [2.05, 4.69) is 56.4 Å². The summed E-state index contributed by atoms with van der Waals surface area (Å²) in [6.07, 6.45) is 7.44. The summed E-state index contributed by atoms with van der Waals surface area (Å²) in [6.45, 7) is 3.82. The second kappa shape index (κ2) is 5.29. The molecule has 5 heteroatoms. The molecule has 0 saturated heterocycles. The summed E-state index contributed by atoms with van der Waals surface area (Å²) in [4.78, 5) is 11.6. The number of carbonyl (C=O) groups excluding carboxylic acids is 1. The van der Waals surface area contributed by atoms with Gasteiger partial charge in [-0.05, 0) is 26.7 Å². The average molecular weight is 447 g/mol. The van der Waals surface area contributed by atoms with Crippen LogP contribution >= 0.6 is 45.2 Å². The van der Waals surface area contributed by atoms with Gasteiger partial charge in [0.15, 0.2) is 0 Å². The zero-order valence-electron chi connectivity index (χ0n) is 9.35. The zero-order chi connectivity index (χ0) is 12.4. The topological polar surface area (TPSA) is 38.3 Å². The van der Waals surface area contributed by atoms with Crippen molar-refractivity contribution in [3.8, 4) is 12.3 Å². The smallest absolute Gasteiger partial charge is 0.408 e. The Morgan fingerprint density at radius 1 is 1.62 bits per heavy atom. The number of halogens is 2. The van der Waals surface area contributed by atoms with Crippen LogP contribution in [0.4, 0.5) is 4.79 Å². The minimum atomic E-state index is -0.457. The van der Waals surface area contributed by atoms with Gasteiger partial charge in [-0.3, -0.25) is 0 Å². The molecule has 90 valence electrons. The van der Waals surface area contributed by atoms with Crippen molar-refractivity contribution in [3.63, 3.8) is 0 Å². The number of ether oxygens (including phenoxy) is 1. The van der Waals surface area contributed by atoms with Crippen LogP contribution in [0.5, 0.6) is 0 Å². The third-order valence-corrected chi connectivity index (χ3v) is 3.26. The highest BCUT2D eigenvalue weighted by atomic mass is 127. The van der Waals surface area contributed by atoms with Crippen molar-refractivity contribution in [3.05, 3.63) is 0 Å². The van der Waals surface area contributed by atoms with E-state index in [4.69, 9.17) is 11.2 Å². The third kappa shape index (κ3) is 4.65. The Kier molecular flexibility index (Phi) is 4.75. The van der Waals surface area contributed by atoms with Gasteiger partial charge in [0, 0.05) is 6.42 Å². The van der Waals surface area contributed by atoms with Crippen LogP contribution in [0.25, 0.3) is 0 Å². The van der Waals surface area contributed by atoms with Gasteiger partial charge in [0.05, 0.1) is 1.93 Å².